The molecule has 6 nitrogen and oxygen atoms in total. The summed E-state index contributed by atoms with van der Waals surface area (Å²) >= 11 is 0. The van der Waals surface area contributed by atoms with Gasteiger partial charge in [0.15, 0.2) is 5.79 Å². The first kappa shape index (κ1) is 13.8. The Hall–Kier alpha value is -1.66. The summed E-state index contributed by atoms with van der Waals surface area (Å²) in [6.45, 7) is 5.72. The first-order chi connectivity index (χ1) is 9.00. The summed E-state index contributed by atoms with van der Waals surface area (Å²) < 4.78 is 11.0. The summed E-state index contributed by atoms with van der Waals surface area (Å²) in [7, 11) is 0. The van der Waals surface area contributed by atoms with E-state index in [4.69, 9.17) is 9.47 Å². The number of ether oxygens (including phenoxy) is 2. The Bertz CT molecular complexity index is 470. The minimum Gasteiger partial charge on any atom is -0.385 e. The number of nitro benzene ring substituents is 1. The number of anilines is 1. The number of aryl methyl sites for hydroxylation is 1. The fourth-order valence-electron chi connectivity index (χ4n) is 2.09. The van der Waals surface area contributed by atoms with Crippen LogP contribution in [0.5, 0.6) is 0 Å². The number of benzene rings is 1. The van der Waals surface area contributed by atoms with Gasteiger partial charge in [-0.05, 0) is 25.5 Å². The number of nitrogens with one attached hydrogen (secondary N) is 1. The lowest BCUT2D eigenvalue weighted by Crippen LogP contribution is -2.28. The number of nitro groups is 1. The standard InChI is InChI=1S/C13H18N2O4/c1-10-9-11(15(16)17)3-4-12(10)14-6-5-13(2)18-7-8-19-13/h3-4,9,14H,5-8H2,1-2H3. The van der Waals surface area contributed by atoms with Crippen LogP contribution >= 0.6 is 0 Å². The molecular formula is C13H18N2O4. The summed E-state index contributed by atoms with van der Waals surface area (Å²) in [6, 6.07) is 4.79. The summed E-state index contributed by atoms with van der Waals surface area (Å²) in [5, 5.41) is 13.9. The fraction of sp³-hybridized carbons (Fsp3) is 0.538. The summed E-state index contributed by atoms with van der Waals surface area (Å²) in [4.78, 5) is 10.3. The van der Waals surface area contributed by atoms with Gasteiger partial charge in [0.1, 0.15) is 0 Å². The predicted molar refractivity (Wildman–Crippen MR) is 71.2 cm³/mol. The maximum atomic E-state index is 10.6. The van der Waals surface area contributed by atoms with E-state index in [2.05, 4.69) is 5.32 Å². The highest BCUT2D eigenvalue weighted by atomic mass is 16.7. The van der Waals surface area contributed by atoms with Gasteiger partial charge >= 0.3 is 0 Å². The normalized spacial score (nSPS) is 17.4. The smallest absolute Gasteiger partial charge is 0.269 e. The van der Waals surface area contributed by atoms with Gasteiger partial charge in [0.2, 0.25) is 0 Å². The Morgan fingerprint density at radius 3 is 2.68 bits per heavy atom. The highest BCUT2D eigenvalue weighted by Gasteiger charge is 2.30. The third-order valence-electron chi connectivity index (χ3n) is 3.21. The SMILES string of the molecule is Cc1cc([N+](=O)[O-])ccc1NCCC1(C)OCCO1. The molecular weight excluding hydrogens is 248 g/mol. The molecule has 0 bridgehead atoms. The molecule has 0 radical (unpaired) electrons. The molecule has 0 saturated carbocycles. The van der Waals surface area contributed by atoms with E-state index in [1.54, 1.807) is 12.1 Å². The van der Waals surface area contributed by atoms with Crippen molar-refractivity contribution in [2.75, 3.05) is 25.1 Å². The molecule has 19 heavy (non-hydrogen) atoms. The van der Waals surface area contributed by atoms with Crippen molar-refractivity contribution in [2.24, 2.45) is 0 Å². The van der Waals surface area contributed by atoms with Crippen LogP contribution in [0.15, 0.2) is 18.2 Å². The third-order valence-corrected chi connectivity index (χ3v) is 3.21. The van der Waals surface area contributed by atoms with Crippen LogP contribution in [-0.4, -0.2) is 30.5 Å². The molecule has 0 amide bonds. The topological polar surface area (TPSA) is 73.6 Å². The van der Waals surface area contributed by atoms with E-state index in [0.717, 1.165) is 17.7 Å². The monoisotopic (exact) mass is 266 g/mol. The van der Waals surface area contributed by atoms with Crippen molar-refractivity contribution in [2.45, 2.75) is 26.1 Å². The van der Waals surface area contributed by atoms with Crippen molar-refractivity contribution in [3.05, 3.63) is 33.9 Å². The fourth-order valence-corrected chi connectivity index (χ4v) is 2.09. The lowest BCUT2D eigenvalue weighted by Gasteiger charge is -2.22. The second-order valence-corrected chi connectivity index (χ2v) is 4.76. The van der Waals surface area contributed by atoms with Gasteiger partial charge in [0.05, 0.1) is 18.1 Å². The van der Waals surface area contributed by atoms with Gasteiger partial charge in [0.25, 0.3) is 5.69 Å². The second kappa shape index (κ2) is 5.54. The van der Waals surface area contributed by atoms with Gasteiger partial charge in [-0.25, -0.2) is 0 Å². The van der Waals surface area contributed by atoms with E-state index in [1.165, 1.54) is 6.07 Å². The third kappa shape index (κ3) is 3.42. The van der Waals surface area contributed by atoms with Crippen LogP contribution in [0.2, 0.25) is 0 Å². The van der Waals surface area contributed by atoms with Crippen LogP contribution in [0.25, 0.3) is 0 Å². The molecule has 6 heteroatoms. The molecule has 1 aliphatic heterocycles. The first-order valence-corrected chi connectivity index (χ1v) is 6.27. The first-order valence-electron chi connectivity index (χ1n) is 6.27. The molecule has 1 saturated heterocycles. The maximum absolute atomic E-state index is 10.6. The van der Waals surface area contributed by atoms with Crippen LogP contribution in [-0.2, 0) is 9.47 Å². The van der Waals surface area contributed by atoms with Gasteiger partial charge in [0, 0.05) is 30.8 Å². The van der Waals surface area contributed by atoms with Gasteiger partial charge in [-0.3, -0.25) is 10.1 Å². The van der Waals surface area contributed by atoms with E-state index < -0.39 is 10.7 Å². The molecule has 1 aromatic carbocycles. The maximum Gasteiger partial charge on any atom is 0.269 e. The van der Waals surface area contributed by atoms with E-state index >= 15 is 0 Å². The van der Waals surface area contributed by atoms with E-state index in [1.807, 2.05) is 13.8 Å². The van der Waals surface area contributed by atoms with Crippen LogP contribution in [0, 0.1) is 17.0 Å². The number of nitrogens with zero attached hydrogens (tertiary/aromatic N) is 1. The zero-order valence-corrected chi connectivity index (χ0v) is 11.1. The molecule has 0 spiro atoms. The van der Waals surface area contributed by atoms with Crippen molar-refractivity contribution >= 4 is 11.4 Å². The number of hydrogen-bond acceptors (Lipinski definition) is 5. The average Bonchev–Trinajstić information content (AvgIpc) is 2.78. The Morgan fingerprint density at radius 2 is 2.11 bits per heavy atom. The van der Waals surface area contributed by atoms with Crippen LogP contribution in [0.4, 0.5) is 11.4 Å². The summed E-state index contributed by atoms with van der Waals surface area (Å²) in [5.41, 5.74) is 1.86. The van der Waals surface area contributed by atoms with Gasteiger partial charge in [-0.15, -0.1) is 0 Å². The van der Waals surface area contributed by atoms with Crippen LogP contribution in [0.1, 0.15) is 18.9 Å². The second-order valence-electron chi connectivity index (χ2n) is 4.76. The minimum atomic E-state index is -0.512. The molecule has 2 rings (SSSR count). The number of rotatable bonds is 5. The number of hydrogen-bond donors (Lipinski definition) is 1. The predicted octanol–water partition coefficient (Wildman–Crippen LogP) is 2.47. The van der Waals surface area contributed by atoms with Crippen molar-refractivity contribution in [1.82, 2.24) is 0 Å². The quantitative estimate of drug-likeness (QED) is 0.654. The Morgan fingerprint density at radius 1 is 1.42 bits per heavy atom. The summed E-state index contributed by atoms with van der Waals surface area (Å²) in [6.07, 6.45) is 0.726. The van der Waals surface area contributed by atoms with Crippen molar-refractivity contribution < 1.29 is 14.4 Å². The van der Waals surface area contributed by atoms with Gasteiger partial charge in [-0.1, -0.05) is 0 Å². The molecule has 0 atom stereocenters. The van der Waals surface area contributed by atoms with Crippen LogP contribution < -0.4 is 5.32 Å². The zero-order chi connectivity index (χ0) is 13.9. The molecule has 1 aliphatic rings. The molecule has 1 aromatic rings. The molecule has 1 heterocycles. The van der Waals surface area contributed by atoms with Crippen LogP contribution in [0.3, 0.4) is 0 Å². The highest BCUT2D eigenvalue weighted by Crippen LogP contribution is 2.24. The Balaban J connectivity index is 1.91. The highest BCUT2D eigenvalue weighted by molar-refractivity contribution is 5.55. The average molecular weight is 266 g/mol. The van der Waals surface area contributed by atoms with Gasteiger partial charge in [-0.2, -0.15) is 0 Å². The zero-order valence-electron chi connectivity index (χ0n) is 11.1. The molecule has 0 aromatic heterocycles. The lowest BCUT2D eigenvalue weighted by atomic mass is 10.1. The molecule has 0 unspecified atom stereocenters. The molecule has 1 fully saturated rings. The van der Waals surface area contributed by atoms with Crippen molar-refractivity contribution in [1.29, 1.82) is 0 Å². The largest absolute Gasteiger partial charge is 0.385 e. The van der Waals surface area contributed by atoms with Gasteiger partial charge < -0.3 is 14.8 Å². The molecule has 0 aliphatic carbocycles. The summed E-state index contributed by atoms with van der Waals surface area (Å²) in [5.74, 6) is -0.512. The number of non-ortho nitro benzene ring substituents is 1. The van der Waals surface area contributed by atoms with E-state index in [0.29, 0.717) is 19.8 Å². The van der Waals surface area contributed by atoms with Crippen molar-refractivity contribution in [3.8, 4) is 0 Å². The lowest BCUT2D eigenvalue weighted by molar-refractivity contribution is -0.384. The molecule has 1 N–H and O–H groups in total. The molecule has 104 valence electrons. The Kier molecular flexibility index (Phi) is 4.01. The van der Waals surface area contributed by atoms with E-state index in [9.17, 15) is 10.1 Å². The van der Waals surface area contributed by atoms with Crippen molar-refractivity contribution in [3.63, 3.8) is 0 Å². The Labute approximate surface area is 111 Å². The minimum absolute atomic E-state index is 0.109. The van der Waals surface area contributed by atoms with E-state index in [-0.39, 0.29) is 5.69 Å².